The van der Waals surface area contributed by atoms with Crippen molar-refractivity contribution in [3.63, 3.8) is 0 Å². The summed E-state index contributed by atoms with van der Waals surface area (Å²) in [7, 11) is 0. The second-order valence-corrected chi connectivity index (χ2v) is 5.87. The molecule has 2 aromatic rings. The Morgan fingerprint density at radius 1 is 1.30 bits per heavy atom. The largest absolute Gasteiger partial charge is 0.502 e. The Hall–Kier alpha value is -2.15. The minimum absolute atomic E-state index is 0.135. The molecular formula is C16H17ClN2O4. The number of hydrogen-bond acceptors (Lipinski definition) is 5. The van der Waals surface area contributed by atoms with Crippen molar-refractivity contribution in [2.24, 2.45) is 0 Å². The first kappa shape index (κ1) is 17.2. The summed E-state index contributed by atoms with van der Waals surface area (Å²) in [5.74, 6) is -0.425. The van der Waals surface area contributed by atoms with Crippen molar-refractivity contribution < 1.29 is 15.1 Å². The third kappa shape index (κ3) is 4.19. The van der Waals surface area contributed by atoms with E-state index in [-0.39, 0.29) is 18.1 Å². The van der Waals surface area contributed by atoms with Crippen LogP contribution >= 0.6 is 11.6 Å². The van der Waals surface area contributed by atoms with Crippen LogP contribution in [-0.2, 0) is 12.1 Å². The molecule has 3 N–H and O–H groups in total. The van der Waals surface area contributed by atoms with Gasteiger partial charge in [0.05, 0.1) is 10.5 Å². The van der Waals surface area contributed by atoms with Crippen molar-refractivity contribution in [2.75, 3.05) is 6.54 Å². The van der Waals surface area contributed by atoms with Crippen LogP contribution in [0.15, 0.2) is 42.5 Å². The van der Waals surface area contributed by atoms with Crippen molar-refractivity contribution in [3.8, 4) is 5.75 Å². The fraction of sp³-hybridized carbons (Fsp3) is 0.250. The molecule has 0 amide bonds. The molecule has 0 saturated carbocycles. The number of hydrogen-bond donors (Lipinski definition) is 3. The predicted molar refractivity (Wildman–Crippen MR) is 87.5 cm³/mol. The molecule has 23 heavy (non-hydrogen) atoms. The number of nitro groups is 1. The Kier molecular flexibility index (Phi) is 5.20. The molecule has 1 atom stereocenters. The molecule has 0 aliphatic rings. The van der Waals surface area contributed by atoms with Gasteiger partial charge in [0, 0.05) is 29.7 Å². The maximum Gasteiger partial charge on any atom is 0.312 e. The van der Waals surface area contributed by atoms with Gasteiger partial charge in [0.2, 0.25) is 0 Å². The number of nitrogens with zero attached hydrogens (tertiary/aromatic N) is 1. The summed E-state index contributed by atoms with van der Waals surface area (Å²) in [6, 6.07) is 11.7. The van der Waals surface area contributed by atoms with E-state index >= 15 is 0 Å². The van der Waals surface area contributed by atoms with Crippen LogP contribution in [0.4, 0.5) is 5.69 Å². The van der Waals surface area contributed by atoms with E-state index in [1.807, 2.05) is 30.3 Å². The number of phenolic OH excluding ortho intramolecular Hbond substituents is 1. The molecule has 7 heteroatoms. The molecule has 0 heterocycles. The fourth-order valence-corrected chi connectivity index (χ4v) is 2.49. The molecule has 0 aliphatic heterocycles. The molecule has 0 bridgehead atoms. The first-order chi connectivity index (χ1) is 10.8. The molecule has 1 unspecified atom stereocenters. The van der Waals surface area contributed by atoms with E-state index < -0.39 is 22.0 Å². The van der Waals surface area contributed by atoms with Gasteiger partial charge in [-0.1, -0.05) is 41.9 Å². The van der Waals surface area contributed by atoms with Crippen molar-refractivity contribution in [3.05, 3.63) is 68.7 Å². The summed E-state index contributed by atoms with van der Waals surface area (Å²) in [5.41, 5.74) is -0.507. The molecule has 0 aliphatic carbocycles. The summed E-state index contributed by atoms with van der Waals surface area (Å²) in [5, 5.41) is 34.4. The SMILES string of the molecule is CC(O)(CNCc1cc(Cl)cc([N+](=O)[O-])c1O)c1ccccc1. The van der Waals surface area contributed by atoms with E-state index in [1.54, 1.807) is 6.92 Å². The maximum absolute atomic E-state index is 10.9. The van der Waals surface area contributed by atoms with Crippen LogP contribution in [0.2, 0.25) is 5.02 Å². The van der Waals surface area contributed by atoms with Crippen molar-refractivity contribution in [1.82, 2.24) is 5.32 Å². The molecule has 2 rings (SSSR count). The topological polar surface area (TPSA) is 95.6 Å². The predicted octanol–water partition coefficient (Wildman–Crippen LogP) is 2.95. The highest BCUT2D eigenvalue weighted by Gasteiger charge is 2.23. The minimum atomic E-state index is -1.11. The highest BCUT2D eigenvalue weighted by molar-refractivity contribution is 6.31. The van der Waals surface area contributed by atoms with E-state index in [1.165, 1.54) is 6.07 Å². The van der Waals surface area contributed by atoms with Gasteiger partial charge in [-0.2, -0.15) is 0 Å². The zero-order valence-electron chi connectivity index (χ0n) is 12.5. The van der Waals surface area contributed by atoms with Gasteiger partial charge >= 0.3 is 5.69 Å². The number of aliphatic hydroxyl groups is 1. The lowest BCUT2D eigenvalue weighted by molar-refractivity contribution is -0.385. The Labute approximate surface area is 138 Å². The van der Waals surface area contributed by atoms with Crippen molar-refractivity contribution in [1.29, 1.82) is 0 Å². The lowest BCUT2D eigenvalue weighted by atomic mass is 9.96. The van der Waals surface area contributed by atoms with Gasteiger partial charge in [0.1, 0.15) is 0 Å². The van der Waals surface area contributed by atoms with Crippen molar-refractivity contribution >= 4 is 17.3 Å². The fourth-order valence-electron chi connectivity index (χ4n) is 2.25. The molecule has 0 spiro atoms. The second kappa shape index (κ2) is 6.95. The maximum atomic E-state index is 10.9. The van der Waals surface area contributed by atoms with Crippen molar-refractivity contribution in [2.45, 2.75) is 19.1 Å². The molecular weight excluding hydrogens is 320 g/mol. The van der Waals surface area contributed by atoms with E-state index in [0.717, 1.165) is 11.6 Å². The number of halogens is 1. The Balaban J connectivity index is 2.09. The number of nitrogens with one attached hydrogen (secondary N) is 1. The third-order valence-electron chi connectivity index (χ3n) is 3.51. The van der Waals surface area contributed by atoms with Gasteiger partial charge in [0.25, 0.3) is 0 Å². The van der Waals surface area contributed by atoms with Gasteiger partial charge in [-0.05, 0) is 18.6 Å². The normalized spacial score (nSPS) is 13.5. The van der Waals surface area contributed by atoms with Gasteiger partial charge in [-0.15, -0.1) is 0 Å². The highest BCUT2D eigenvalue weighted by Crippen LogP contribution is 2.33. The summed E-state index contributed by atoms with van der Waals surface area (Å²) in [6.45, 7) is 2.00. The van der Waals surface area contributed by atoms with E-state index in [2.05, 4.69) is 5.32 Å². The van der Waals surface area contributed by atoms with Gasteiger partial charge in [-0.3, -0.25) is 10.1 Å². The average molecular weight is 337 g/mol. The second-order valence-electron chi connectivity index (χ2n) is 5.43. The van der Waals surface area contributed by atoms with Crippen LogP contribution in [0.25, 0.3) is 0 Å². The minimum Gasteiger partial charge on any atom is -0.502 e. The van der Waals surface area contributed by atoms with Crippen LogP contribution in [0.3, 0.4) is 0 Å². The lowest BCUT2D eigenvalue weighted by Gasteiger charge is -2.24. The molecule has 6 nitrogen and oxygen atoms in total. The molecule has 0 aromatic heterocycles. The van der Waals surface area contributed by atoms with Gasteiger partial charge in [-0.25, -0.2) is 0 Å². The van der Waals surface area contributed by atoms with Crippen LogP contribution in [0.5, 0.6) is 5.75 Å². The van der Waals surface area contributed by atoms with Crippen LogP contribution in [0.1, 0.15) is 18.1 Å². The number of rotatable bonds is 6. The Morgan fingerprint density at radius 3 is 2.57 bits per heavy atom. The number of nitro benzene ring substituents is 1. The molecule has 122 valence electrons. The first-order valence-corrected chi connectivity index (χ1v) is 7.33. The Bertz CT molecular complexity index is 705. The summed E-state index contributed by atoms with van der Waals surface area (Å²) in [4.78, 5) is 10.2. The summed E-state index contributed by atoms with van der Waals surface area (Å²) < 4.78 is 0. The molecule has 0 radical (unpaired) electrons. The van der Waals surface area contributed by atoms with Crippen LogP contribution in [-0.4, -0.2) is 21.7 Å². The molecule has 0 saturated heterocycles. The van der Waals surface area contributed by atoms with Gasteiger partial charge < -0.3 is 15.5 Å². The summed E-state index contributed by atoms with van der Waals surface area (Å²) >= 11 is 5.84. The number of aromatic hydroxyl groups is 1. The van der Waals surface area contributed by atoms with E-state index in [4.69, 9.17) is 11.6 Å². The highest BCUT2D eigenvalue weighted by atomic mass is 35.5. The number of phenols is 1. The van der Waals surface area contributed by atoms with Crippen LogP contribution < -0.4 is 5.32 Å². The van der Waals surface area contributed by atoms with E-state index in [0.29, 0.717) is 5.56 Å². The zero-order chi connectivity index (χ0) is 17.0. The van der Waals surface area contributed by atoms with Gasteiger partial charge in [0.15, 0.2) is 5.75 Å². The molecule has 2 aromatic carbocycles. The monoisotopic (exact) mass is 336 g/mol. The number of benzene rings is 2. The summed E-state index contributed by atoms with van der Waals surface area (Å²) in [6.07, 6.45) is 0. The Morgan fingerprint density at radius 2 is 1.96 bits per heavy atom. The average Bonchev–Trinajstić information content (AvgIpc) is 2.51. The standard InChI is InChI=1S/C16H17ClN2O4/c1-16(21,12-5-3-2-4-6-12)10-18-9-11-7-13(17)8-14(15(11)20)19(22)23/h2-8,18,20-21H,9-10H2,1H3. The molecule has 0 fully saturated rings. The third-order valence-corrected chi connectivity index (χ3v) is 3.73. The van der Waals surface area contributed by atoms with Crippen LogP contribution in [0, 0.1) is 10.1 Å². The van der Waals surface area contributed by atoms with E-state index in [9.17, 15) is 20.3 Å². The smallest absolute Gasteiger partial charge is 0.312 e. The zero-order valence-corrected chi connectivity index (χ0v) is 13.2. The quantitative estimate of drug-likeness (QED) is 0.556. The lowest BCUT2D eigenvalue weighted by Crippen LogP contribution is -2.35. The first-order valence-electron chi connectivity index (χ1n) is 6.95.